The third-order valence-electron chi connectivity index (χ3n) is 2.49. The first-order chi connectivity index (χ1) is 7.56. The predicted octanol–water partition coefficient (Wildman–Crippen LogP) is 2.17. The van der Waals surface area contributed by atoms with Crippen molar-refractivity contribution in [3.05, 3.63) is 23.6 Å². The predicted molar refractivity (Wildman–Crippen MR) is 65.1 cm³/mol. The van der Waals surface area contributed by atoms with E-state index in [-0.39, 0.29) is 5.82 Å². The van der Waals surface area contributed by atoms with E-state index in [9.17, 15) is 4.39 Å². The van der Waals surface area contributed by atoms with Crippen molar-refractivity contribution < 1.29 is 4.39 Å². The molecule has 1 N–H and O–H groups in total. The number of halogens is 1. The summed E-state index contributed by atoms with van der Waals surface area (Å²) in [6, 6.07) is 2.07. The van der Waals surface area contributed by atoms with E-state index in [1.54, 1.807) is 17.2 Å². The van der Waals surface area contributed by atoms with Gasteiger partial charge in [0, 0.05) is 37.9 Å². The molecule has 16 heavy (non-hydrogen) atoms. The van der Waals surface area contributed by atoms with E-state index in [1.165, 1.54) is 0 Å². The highest BCUT2D eigenvalue weighted by Gasteiger charge is 2.12. The van der Waals surface area contributed by atoms with Crippen molar-refractivity contribution >= 4 is 5.82 Å². The average molecular weight is 225 g/mol. The highest BCUT2D eigenvalue weighted by molar-refractivity contribution is 5.42. The van der Waals surface area contributed by atoms with Crippen molar-refractivity contribution in [3.8, 4) is 0 Å². The maximum absolute atomic E-state index is 14.0. The molecule has 3 nitrogen and oxygen atoms in total. The molecule has 0 saturated heterocycles. The van der Waals surface area contributed by atoms with Crippen LogP contribution in [0.15, 0.2) is 12.3 Å². The second-order valence-electron chi connectivity index (χ2n) is 4.16. The smallest absolute Gasteiger partial charge is 0.170 e. The molecule has 0 spiro atoms. The molecule has 4 heteroatoms. The molecule has 1 heterocycles. The minimum atomic E-state index is -0.222. The Balaban J connectivity index is 2.86. The largest absolute Gasteiger partial charge is 0.358 e. The molecular formula is C12H20FN3. The summed E-state index contributed by atoms with van der Waals surface area (Å²) < 4.78 is 14.0. The summed E-state index contributed by atoms with van der Waals surface area (Å²) in [5.41, 5.74) is 0.666. The Morgan fingerprint density at radius 2 is 2.19 bits per heavy atom. The SMILES string of the molecule is CCN(C)c1nccc(CNC(C)C)c1F. The summed E-state index contributed by atoms with van der Waals surface area (Å²) in [6.45, 7) is 7.33. The van der Waals surface area contributed by atoms with Crippen LogP contribution < -0.4 is 10.2 Å². The molecule has 1 aromatic rings. The average Bonchev–Trinajstić information content (AvgIpc) is 2.26. The van der Waals surface area contributed by atoms with Crippen molar-refractivity contribution in [1.29, 1.82) is 0 Å². The molecule has 90 valence electrons. The lowest BCUT2D eigenvalue weighted by Gasteiger charge is -2.18. The molecule has 0 saturated carbocycles. The summed E-state index contributed by atoms with van der Waals surface area (Å²) in [6.07, 6.45) is 1.65. The van der Waals surface area contributed by atoms with Crippen LogP contribution in [-0.2, 0) is 6.54 Å². The first-order valence-electron chi connectivity index (χ1n) is 5.64. The van der Waals surface area contributed by atoms with Gasteiger partial charge in [-0.05, 0) is 13.0 Å². The van der Waals surface area contributed by atoms with Gasteiger partial charge in [0.15, 0.2) is 11.6 Å². The highest BCUT2D eigenvalue weighted by Crippen LogP contribution is 2.18. The Morgan fingerprint density at radius 3 is 2.75 bits per heavy atom. The topological polar surface area (TPSA) is 28.2 Å². The molecule has 0 atom stereocenters. The molecule has 0 aliphatic heterocycles. The number of pyridine rings is 1. The second kappa shape index (κ2) is 5.80. The van der Waals surface area contributed by atoms with Crippen LogP contribution in [0.1, 0.15) is 26.3 Å². The summed E-state index contributed by atoms with van der Waals surface area (Å²) in [5.74, 6) is 0.200. The van der Waals surface area contributed by atoms with Crippen molar-refractivity contribution in [1.82, 2.24) is 10.3 Å². The monoisotopic (exact) mass is 225 g/mol. The fourth-order valence-electron chi connectivity index (χ4n) is 1.34. The minimum absolute atomic E-state index is 0.222. The van der Waals surface area contributed by atoms with Gasteiger partial charge < -0.3 is 10.2 Å². The third-order valence-corrected chi connectivity index (χ3v) is 2.49. The van der Waals surface area contributed by atoms with Gasteiger partial charge in [-0.2, -0.15) is 0 Å². The Bertz CT molecular complexity index is 339. The van der Waals surface area contributed by atoms with Gasteiger partial charge >= 0.3 is 0 Å². The molecule has 0 aromatic carbocycles. The van der Waals surface area contributed by atoms with Crippen LogP contribution in [0.2, 0.25) is 0 Å². The molecule has 0 radical (unpaired) electrons. The zero-order chi connectivity index (χ0) is 12.1. The van der Waals surface area contributed by atoms with Crippen LogP contribution in [0.5, 0.6) is 0 Å². The Kier molecular flexibility index (Phi) is 4.68. The number of aromatic nitrogens is 1. The zero-order valence-corrected chi connectivity index (χ0v) is 10.4. The number of nitrogens with zero attached hydrogens (tertiary/aromatic N) is 2. The zero-order valence-electron chi connectivity index (χ0n) is 10.4. The molecule has 1 aromatic heterocycles. The maximum Gasteiger partial charge on any atom is 0.170 e. The second-order valence-corrected chi connectivity index (χ2v) is 4.16. The van der Waals surface area contributed by atoms with Crippen LogP contribution in [0.25, 0.3) is 0 Å². The van der Waals surface area contributed by atoms with Gasteiger partial charge in [0.2, 0.25) is 0 Å². The first kappa shape index (κ1) is 12.9. The fourth-order valence-corrected chi connectivity index (χ4v) is 1.34. The highest BCUT2D eigenvalue weighted by atomic mass is 19.1. The van der Waals surface area contributed by atoms with E-state index in [4.69, 9.17) is 0 Å². The van der Waals surface area contributed by atoms with Crippen molar-refractivity contribution in [2.45, 2.75) is 33.4 Å². The normalized spacial score (nSPS) is 10.9. The first-order valence-corrected chi connectivity index (χ1v) is 5.64. The number of nitrogens with one attached hydrogen (secondary N) is 1. The quantitative estimate of drug-likeness (QED) is 0.832. The van der Waals surface area contributed by atoms with Gasteiger partial charge in [-0.15, -0.1) is 0 Å². The lowest BCUT2D eigenvalue weighted by molar-refractivity contribution is 0.549. The standard InChI is InChI=1S/C12H20FN3/c1-5-16(4)12-11(13)10(6-7-14-12)8-15-9(2)3/h6-7,9,15H,5,8H2,1-4H3. The minimum Gasteiger partial charge on any atom is -0.358 e. The van der Waals surface area contributed by atoms with E-state index in [2.05, 4.69) is 10.3 Å². The Morgan fingerprint density at radius 1 is 1.50 bits per heavy atom. The van der Waals surface area contributed by atoms with E-state index in [0.29, 0.717) is 24.0 Å². The lowest BCUT2D eigenvalue weighted by Crippen LogP contribution is -2.24. The molecular weight excluding hydrogens is 205 g/mol. The van der Waals surface area contributed by atoms with Crippen LogP contribution in [-0.4, -0.2) is 24.6 Å². The molecule has 0 bridgehead atoms. The summed E-state index contributed by atoms with van der Waals surface area (Å²) in [5, 5.41) is 3.20. The number of hydrogen-bond acceptors (Lipinski definition) is 3. The van der Waals surface area contributed by atoms with Crippen molar-refractivity contribution in [2.24, 2.45) is 0 Å². The molecule has 0 amide bonds. The van der Waals surface area contributed by atoms with Gasteiger partial charge in [-0.3, -0.25) is 0 Å². The molecule has 0 unspecified atom stereocenters. The van der Waals surface area contributed by atoms with Crippen LogP contribution in [0, 0.1) is 5.82 Å². The van der Waals surface area contributed by atoms with Crippen LogP contribution in [0.3, 0.4) is 0 Å². The number of hydrogen-bond donors (Lipinski definition) is 1. The maximum atomic E-state index is 14.0. The summed E-state index contributed by atoms with van der Waals surface area (Å²) in [4.78, 5) is 5.86. The van der Waals surface area contributed by atoms with Crippen LogP contribution >= 0.6 is 0 Å². The molecule has 0 fully saturated rings. The van der Waals surface area contributed by atoms with Gasteiger partial charge in [0.05, 0.1) is 0 Å². The Hall–Kier alpha value is -1.16. The molecule has 1 rings (SSSR count). The third kappa shape index (κ3) is 3.17. The van der Waals surface area contributed by atoms with E-state index in [0.717, 1.165) is 6.54 Å². The van der Waals surface area contributed by atoms with Gasteiger partial charge in [0.1, 0.15) is 0 Å². The summed E-state index contributed by atoms with van der Waals surface area (Å²) in [7, 11) is 1.84. The van der Waals surface area contributed by atoms with E-state index < -0.39 is 0 Å². The van der Waals surface area contributed by atoms with Crippen LogP contribution in [0.4, 0.5) is 10.2 Å². The Labute approximate surface area is 96.7 Å². The van der Waals surface area contributed by atoms with Gasteiger partial charge in [0.25, 0.3) is 0 Å². The molecule has 0 aliphatic rings. The summed E-state index contributed by atoms with van der Waals surface area (Å²) >= 11 is 0. The fraction of sp³-hybridized carbons (Fsp3) is 0.583. The van der Waals surface area contributed by atoms with Gasteiger partial charge in [-0.1, -0.05) is 13.8 Å². The van der Waals surface area contributed by atoms with Crippen molar-refractivity contribution in [2.75, 3.05) is 18.5 Å². The number of anilines is 1. The van der Waals surface area contributed by atoms with E-state index >= 15 is 0 Å². The van der Waals surface area contributed by atoms with Crippen molar-refractivity contribution in [3.63, 3.8) is 0 Å². The molecule has 0 aliphatic carbocycles. The van der Waals surface area contributed by atoms with E-state index in [1.807, 2.05) is 27.8 Å². The van der Waals surface area contributed by atoms with Gasteiger partial charge in [-0.25, -0.2) is 9.37 Å². The number of rotatable bonds is 5. The lowest BCUT2D eigenvalue weighted by atomic mass is 10.2.